The van der Waals surface area contributed by atoms with Gasteiger partial charge in [-0.2, -0.15) is 0 Å². The lowest BCUT2D eigenvalue weighted by Crippen LogP contribution is -2.30. The summed E-state index contributed by atoms with van der Waals surface area (Å²) in [4.78, 5) is 0. The smallest absolute Gasteiger partial charge is 0.126 e. The van der Waals surface area contributed by atoms with Gasteiger partial charge in [0.25, 0.3) is 0 Å². The molecule has 1 aromatic rings. The third-order valence-corrected chi connectivity index (χ3v) is 2.88. The number of hydrogen-bond acceptors (Lipinski definition) is 2. The average molecular weight is 229 g/mol. The van der Waals surface area contributed by atoms with Crippen molar-refractivity contribution in [3.63, 3.8) is 0 Å². The lowest BCUT2D eigenvalue weighted by atomic mass is 10.1. The van der Waals surface area contributed by atoms with Gasteiger partial charge in [0.1, 0.15) is 5.82 Å². The van der Waals surface area contributed by atoms with E-state index >= 15 is 0 Å². The molecule has 0 bridgehead atoms. The van der Waals surface area contributed by atoms with Crippen LogP contribution < -0.4 is 11.1 Å². The Labute approximate surface area is 93.6 Å². The first kappa shape index (κ1) is 10.7. The fraction of sp³-hybridized carbons (Fsp3) is 0.455. The van der Waals surface area contributed by atoms with Crippen molar-refractivity contribution in [1.82, 2.24) is 0 Å². The van der Waals surface area contributed by atoms with Crippen LogP contribution in [0, 0.1) is 11.7 Å². The van der Waals surface area contributed by atoms with Gasteiger partial charge >= 0.3 is 0 Å². The molecule has 2 nitrogen and oxygen atoms in total. The van der Waals surface area contributed by atoms with Gasteiger partial charge in [0.2, 0.25) is 0 Å². The predicted octanol–water partition coefficient (Wildman–Crippen LogP) is 2.63. The molecule has 15 heavy (non-hydrogen) atoms. The van der Waals surface area contributed by atoms with E-state index in [1.54, 1.807) is 6.07 Å². The molecule has 0 heterocycles. The van der Waals surface area contributed by atoms with Crippen LogP contribution in [0.2, 0.25) is 5.02 Å². The van der Waals surface area contributed by atoms with Gasteiger partial charge in [-0.3, -0.25) is 0 Å². The molecule has 1 unspecified atom stereocenters. The van der Waals surface area contributed by atoms with Crippen LogP contribution in [0.25, 0.3) is 0 Å². The molecular weight excluding hydrogens is 215 g/mol. The maximum atomic E-state index is 13.0. The molecule has 0 amide bonds. The van der Waals surface area contributed by atoms with E-state index in [2.05, 4.69) is 5.32 Å². The summed E-state index contributed by atoms with van der Waals surface area (Å²) in [6.45, 7) is 0.568. The van der Waals surface area contributed by atoms with Crippen LogP contribution in [0.5, 0.6) is 0 Å². The van der Waals surface area contributed by atoms with Gasteiger partial charge in [-0.1, -0.05) is 11.6 Å². The zero-order chi connectivity index (χ0) is 10.8. The van der Waals surface area contributed by atoms with E-state index in [0.29, 0.717) is 23.2 Å². The van der Waals surface area contributed by atoms with Gasteiger partial charge in [0.15, 0.2) is 0 Å². The van der Waals surface area contributed by atoms with E-state index in [-0.39, 0.29) is 11.9 Å². The van der Waals surface area contributed by atoms with Gasteiger partial charge in [-0.05, 0) is 37.0 Å². The van der Waals surface area contributed by atoms with Crippen LogP contribution >= 0.6 is 11.6 Å². The maximum Gasteiger partial charge on any atom is 0.126 e. The molecule has 0 radical (unpaired) electrons. The van der Waals surface area contributed by atoms with Crippen molar-refractivity contribution in [2.75, 3.05) is 11.9 Å². The van der Waals surface area contributed by atoms with Crippen molar-refractivity contribution in [2.24, 2.45) is 11.7 Å². The Balaban J connectivity index is 2.08. The Bertz CT molecular complexity index is 332. The lowest BCUT2D eigenvalue weighted by Gasteiger charge is -2.17. The van der Waals surface area contributed by atoms with E-state index in [0.717, 1.165) is 0 Å². The van der Waals surface area contributed by atoms with Crippen molar-refractivity contribution in [2.45, 2.75) is 18.9 Å². The third-order valence-electron chi connectivity index (χ3n) is 2.66. The molecule has 1 fully saturated rings. The molecule has 3 N–H and O–H groups in total. The van der Waals surface area contributed by atoms with E-state index in [4.69, 9.17) is 17.3 Å². The molecule has 2 rings (SSSR count). The molecule has 1 aromatic carbocycles. The van der Waals surface area contributed by atoms with Crippen molar-refractivity contribution in [3.8, 4) is 0 Å². The molecule has 82 valence electrons. The fourth-order valence-corrected chi connectivity index (χ4v) is 1.94. The number of anilines is 1. The highest BCUT2D eigenvalue weighted by molar-refractivity contribution is 6.30. The fourth-order valence-electron chi connectivity index (χ4n) is 1.72. The molecule has 4 heteroatoms. The summed E-state index contributed by atoms with van der Waals surface area (Å²) in [5, 5.41) is 3.63. The van der Waals surface area contributed by atoms with Gasteiger partial charge in [0, 0.05) is 23.3 Å². The summed E-state index contributed by atoms with van der Waals surface area (Å²) in [5.41, 5.74) is 6.36. The third kappa shape index (κ3) is 2.83. The van der Waals surface area contributed by atoms with Crippen molar-refractivity contribution >= 4 is 17.3 Å². The second-order valence-corrected chi connectivity index (χ2v) is 4.42. The first-order chi connectivity index (χ1) is 7.19. The molecule has 1 aliphatic rings. The van der Waals surface area contributed by atoms with Gasteiger partial charge in [-0.25, -0.2) is 4.39 Å². The lowest BCUT2D eigenvalue weighted by molar-refractivity contribution is 0.623. The minimum atomic E-state index is -0.323. The first-order valence-electron chi connectivity index (χ1n) is 5.12. The van der Waals surface area contributed by atoms with Crippen LogP contribution in [0.3, 0.4) is 0 Å². The monoisotopic (exact) mass is 228 g/mol. The molecule has 1 aliphatic carbocycles. The average Bonchev–Trinajstić information content (AvgIpc) is 2.95. The second-order valence-electron chi connectivity index (χ2n) is 3.98. The highest BCUT2D eigenvalue weighted by Gasteiger charge is 2.30. The Kier molecular flexibility index (Phi) is 3.12. The molecular formula is C11H14ClFN2. The summed E-state index contributed by atoms with van der Waals surface area (Å²) >= 11 is 5.76. The number of nitrogens with one attached hydrogen (secondary N) is 1. The Morgan fingerprint density at radius 2 is 2.20 bits per heavy atom. The van der Waals surface area contributed by atoms with Crippen LogP contribution in [0.1, 0.15) is 12.8 Å². The summed E-state index contributed by atoms with van der Waals surface area (Å²) in [6, 6.07) is 4.69. The number of hydrogen-bond donors (Lipinski definition) is 2. The van der Waals surface area contributed by atoms with Gasteiger partial charge in [-0.15, -0.1) is 0 Å². The van der Waals surface area contributed by atoms with Crippen LogP contribution in [-0.4, -0.2) is 12.6 Å². The second kappa shape index (κ2) is 4.37. The minimum absolute atomic E-state index is 0.239. The Morgan fingerprint density at radius 1 is 1.47 bits per heavy atom. The van der Waals surface area contributed by atoms with E-state index in [9.17, 15) is 4.39 Å². The minimum Gasteiger partial charge on any atom is -0.381 e. The van der Waals surface area contributed by atoms with Crippen LogP contribution in [0.4, 0.5) is 10.1 Å². The summed E-state index contributed by atoms with van der Waals surface area (Å²) < 4.78 is 13.0. The topological polar surface area (TPSA) is 38.0 Å². The van der Waals surface area contributed by atoms with E-state index < -0.39 is 0 Å². The largest absolute Gasteiger partial charge is 0.381 e. The number of benzene rings is 1. The predicted molar refractivity (Wildman–Crippen MR) is 60.6 cm³/mol. The molecule has 0 aromatic heterocycles. The maximum absolute atomic E-state index is 13.0. The highest BCUT2D eigenvalue weighted by atomic mass is 35.5. The van der Waals surface area contributed by atoms with Crippen molar-refractivity contribution in [3.05, 3.63) is 29.0 Å². The zero-order valence-corrected chi connectivity index (χ0v) is 9.10. The summed E-state index contributed by atoms with van der Waals surface area (Å²) in [6.07, 6.45) is 2.41. The standard InChI is InChI=1S/C11H14ClFN2/c12-8-3-9(13)5-10(4-8)15-11(6-14)7-1-2-7/h3-5,7,11,15H,1-2,6,14H2. The zero-order valence-electron chi connectivity index (χ0n) is 8.34. The molecule has 1 saturated carbocycles. The van der Waals surface area contributed by atoms with E-state index in [1.807, 2.05) is 0 Å². The molecule has 0 aliphatic heterocycles. The van der Waals surface area contributed by atoms with Crippen LogP contribution in [0.15, 0.2) is 18.2 Å². The van der Waals surface area contributed by atoms with Crippen LogP contribution in [-0.2, 0) is 0 Å². The highest BCUT2D eigenvalue weighted by Crippen LogP contribution is 2.34. The molecule has 0 saturated heterocycles. The van der Waals surface area contributed by atoms with Gasteiger partial charge in [0.05, 0.1) is 0 Å². The van der Waals surface area contributed by atoms with Gasteiger partial charge < -0.3 is 11.1 Å². The van der Waals surface area contributed by atoms with E-state index in [1.165, 1.54) is 25.0 Å². The number of nitrogens with two attached hydrogens (primary N) is 1. The SMILES string of the molecule is NCC(Nc1cc(F)cc(Cl)c1)C1CC1. The Morgan fingerprint density at radius 3 is 2.73 bits per heavy atom. The first-order valence-corrected chi connectivity index (χ1v) is 5.49. The summed E-state index contributed by atoms with van der Waals surface area (Å²) in [7, 11) is 0. The summed E-state index contributed by atoms with van der Waals surface area (Å²) in [5.74, 6) is 0.314. The number of halogens is 2. The Hall–Kier alpha value is -0.800. The van der Waals surface area contributed by atoms with Crippen molar-refractivity contribution in [1.29, 1.82) is 0 Å². The number of rotatable bonds is 4. The molecule has 0 spiro atoms. The normalized spacial score (nSPS) is 17.5. The quantitative estimate of drug-likeness (QED) is 0.832. The molecule has 1 atom stereocenters. The van der Waals surface area contributed by atoms with Crippen molar-refractivity contribution < 1.29 is 4.39 Å².